The molecule has 1 heterocycles. The lowest BCUT2D eigenvalue weighted by Crippen LogP contribution is -2.34. The second-order valence-electron chi connectivity index (χ2n) is 6.30. The molecular formula is C21H23FN2O. The molecule has 0 aromatic heterocycles. The van der Waals surface area contributed by atoms with Crippen LogP contribution in [0.25, 0.3) is 5.57 Å². The Balaban J connectivity index is 1.67. The smallest absolute Gasteiger partial charge is 0.254 e. The van der Waals surface area contributed by atoms with Crippen molar-refractivity contribution >= 4 is 17.2 Å². The van der Waals surface area contributed by atoms with Gasteiger partial charge in [-0.1, -0.05) is 18.2 Å². The molecule has 1 aliphatic rings. The van der Waals surface area contributed by atoms with Crippen LogP contribution in [0.15, 0.2) is 54.6 Å². The summed E-state index contributed by atoms with van der Waals surface area (Å²) in [7, 11) is 2.03. The molecule has 1 amide bonds. The molecule has 0 bridgehead atoms. The van der Waals surface area contributed by atoms with Gasteiger partial charge in [0.1, 0.15) is 5.82 Å². The van der Waals surface area contributed by atoms with Crippen molar-refractivity contribution in [3.8, 4) is 0 Å². The van der Waals surface area contributed by atoms with E-state index in [1.54, 1.807) is 12.1 Å². The van der Waals surface area contributed by atoms with Crippen molar-refractivity contribution in [1.29, 1.82) is 0 Å². The number of carbonyl (C=O) groups excluding carboxylic acids is 1. The average molecular weight is 338 g/mol. The zero-order valence-electron chi connectivity index (χ0n) is 14.7. The van der Waals surface area contributed by atoms with E-state index in [0.717, 1.165) is 24.2 Å². The largest absolute Gasteiger partial charge is 0.375 e. The number of nitrogens with zero attached hydrogens (tertiary/aromatic N) is 2. The lowest BCUT2D eigenvalue weighted by Gasteiger charge is -2.27. The Morgan fingerprint density at radius 3 is 2.36 bits per heavy atom. The van der Waals surface area contributed by atoms with E-state index in [1.807, 2.05) is 36.2 Å². The predicted molar refractivity (Wildman–Crippen MR) is 100 cm³/mol. The first-order valence-electron chi connectivity index (χ1n) is 8.64. The van der Waals surface area contributed by atoms with E-state index in [0.29, 0.717) is 18.7 Å². The first-order chi connectivity index (χ1) is 12.1. The monoisotopic (exact) mass is 338 g/mol. The van der Waals surface area contributed by atoms with Gasteiger partial charge in [0.05, 0.1) is 0 Å². The Morgan fingerprint density at radius 2 is 1.80 bits per heavy atom. The molecule has 0 N–H and O–H groups in total. The highest BCUT2D eigenvalue weighted by Crippen LogP contribution is 2.24. The summed E-state index contributed by atoms with van der Waals surface area (Å²) in [4.78, 5) is 16.7. The molecule has 3 nitrogen and oxygen atoms in total. The lowest BCUT2D eigenvalue weighted by atomic mass is 9.99. The summed E-state index contributed by atoms with van der Waals surface area (Å²) in [6.45, 7) is 4.29. The fourth-order valence-electron chi connectivity index (χ4n) is 3.00. The molecular weight excluding hydrogens is 315 g/mol. The SMILES string of the molecule is CCN(C)c1ccc(C(=O)N2CC=C(c3ccc(F)cc3)CC2)cc1. The molecule has 4 heteroatoms. The first-order valence-corrected chi connectivity index (χ1v) is 8.64. The molecule has 0 fully saturated rings. The molecule has 2 aromatic rings. The summed E-state index contributed by atoms with van der Waals surface area (Å²) < 4.78 is 13.0. The van der Waals surface area contributed by atoms with Crippen molar-refractivity contribution in [3.63, 3.8) is 0 Å². The quantitative estimate of drug-likeness (QED) is 0.834. The Labute approximate surface area is 148 Å². The van der Waals surface area contributed by atoms with Crippen molar-refractivity contribution in [2.75, 3.05) is 31.6 Å². The van der Waals surface area contributed by atoms with Crippen LogP contribution in [0.4, 0.5) is 10.1 Å². The van der Waals surface area contributed by atoms with E-state index in [9.17, 15) is 9.18 Å². The molecule has 3 rings (SSSR count). The van der Waals surface area contributed by atoms with Gasteiger partial charge >= 0.3 is 0 Å². The Hall–Kier alpha value is -2.62. The van der Waals surface area contributed by atoms with E-state index < -0.39 is 0 Å². The fraction of sp³-hybridized carbons (Fsp3) is 0.286. The van der Waals surface area contributed by atoms with Gasteiger partial charge < -0.3 is 9.80 Å². The maximum atomic E-state index is 13.0. The topological polar surface area (TPSA) is 23.6 Å². The Morgan fingerprint density at radius 1 is 1.12 bits per heavy atom. The van der Waals surface area contributed by atoms with E-state index in [-0.39, 0.29) is 11.7 Å². The highest BCUT2D eigenvalue weighted by atomic mass is 19.1. The van der Waals surface area contributed by atoms with Crippen molar-refractivity contribution in [3.05, 3.63) is 71.6 Å². The Kier molecular flexibility index (Phi) is 5.17. The molecule has 0 atom stereocenters. The number of amides is 1. The maximum Gasteiger partial charge on any atom is 0.254 e. The first kappa shape index (κ1) is 17.2. The van der Waals surface area contributed by atoms with E-state index in [2.05, 4.69) is 17.9 Å². The minimum absolute atomic E-state index is 0.0557. The van der Waals surface area contributed by atoms with Crippen LogP contribution >= 0.6 is 0 Å². The number of hydrogen-bond donors (Lipinski definition) is 0. The van der Waals surface area contributed by atoms with Crippen LogP contribution in [-0.2, 0) is 0 Å². The van der Waals surface area contributed by atoms with Crippen LogP contribution in [0, 0.1) is 5.82 Å². The third-order valence-electron chi connectivity index (χ3n) is 4.74. The van der Waals surface area contributed by atoms with Gasteiger partial charge in [0.2, 0.25) is 0 Å². The fourth-order valence-corrected chi connectivity index (χ4v) is 3.00. The van der Waals surface area contributed by atoms with Crippen molar-refractivity contribution in [2.45, 2.75) is 13.3 Å². The molecule has 0 saturated heterocycles. The average Bonchev–Trinajstić information content (AvgIpc) is 2.67. The third-order valence-corrected chi connectivity index (χ3v) is 4.74. The highest BCUT2D eigenvalue weighted by molar-refractivity contribution is 5.95. The Bertz CT molecular complexity index is 765. The molecule has 130 valence electrons. The third kappa shape index (κ3) is 3.90. The van der Waals surface area contributed by atoms with Gasteiger partial charge in [-0.05, 0) is 60.9 Å². The molecule has 0 spiro atoms. The maximum absolute atomic E-state index is 13.0. The van der Waals surface area contributed by atoms with Gasteiger partial charge in [-0.3, -0.25) is 4.79 Å². The van der Waals surface area contributed by atoms with Crippen LogP contribution in [0.1, 0.15) is 29.3 Å². The van der Waals surface area contributed by atoms with Crippen molar-refractivity contribution in [1.82, 2.24) is 4.90 Å². The minimum atomic E-state index is -0.228. The number of hydrogen-bond acceptors (Lipinski definition) is 2. The van der Waals surface area contributed by atoms with Crippen molar-refractivity contribution in [2.24, 2.45) is 0 Å². The van der Waals surface area contributed by atoms with Gasteiger partial charge in [0.25, 0.3) is 5.91 Å². The summed E-state index contributed by atoms with van der Waals surface area (Å²) in [5.74, 6) is -0.172. The highest BCUT2D eigenvalue weighted by Gasteiger charge is 2.19. The van der Waals surface area contributed by atoms with Gasteiger partial charge in [0, 0.05) is 37.9 Å². The molecule has 1 aliphatic heterocycles. The normalized spacial score (nSPS) is 14.2. The summed E-state index contributed by atoms with van der Waals surface area (Å²) in [6, 6.07) is 14.3. The van der Waals surface area contributed by atoms with Crippen molar-refractivity contribution < 1.29 is 9.18 Å². The zero-order chi connectivity index (χ0) is 17.8. The zero-order valence-corrected chi connectivity index (χ0v) is 14.7. The second kappa shape index (κ2) is 7.51. The second-order valence-corrected chi connectivity index (χ2v) is 6.30. The van der Waals surface area contributed by atoms with Gasteiger partial charge in [0.15, 0.2) is 0 Å². The van der Waals surface area contributed by atoms with Gasteiger partial charge in [-0.25, -0.2) is 4.39 Å². The summed E-state index contributed by atoms with van der Waals surface area (Å²) in [5.41, 5.74) is 4.02. The summed E-state index contributed by atoms with van der Waals surface area (Å²) in [6.07, 6.45) is 2.85. The molecule has 2 aromatic carbocycles. The van der Waals surface area contributed by atoms with Crippen LogP contribution in [0.3, 0.4) is 0 Å². The van der Waals surface area contributed by atoms with E-state index in [4.69, 9.17) is 0 Å². The van der Waals surface area contributed by atoms with Crippen LogP contribution in [-0.4, -0.2) is 37.5 Å². The number of benzene rings is 2. The summed E-state index contributed by atoms with van der Waals surface area (Å²) in [5, 5.41) is 0. The molecule has 0 radical (unpaired) electrons. The standard InChI is InChI=1S/C21H23FN2O/c1-3-23(2)20-10-6-18(7-11-20)21(25)24-14-12-17(13-15-24)16-4-8-19(22)9-5-16/h4-12H,3,13-15H2,1-2H3. The van der Waals surface area contributed by atoms with E-state index >= 15 is 0 Å². The van der Waals surface area contributed by atoms with Crippen LogP contribution in [0.2, 0.25) is 0 Å². The minimum Gasteiger partial charge on any atom is -0.375 e. The molecule has 25 heavy (non-hydrogen) atoms. The number of anilines is 1. The predicted octanol–water partition coefficient (Wildman–Crippen LogP) is 4.21. The van der Waals surface area contributed by atoms with Gasteiger partial charge in [-0.2, -0.15) is 0 Å². The summed E-state index contributed by atoms with van der Waals surface area (Å²) >= 11 is 0. The van der Waals surface area contributed by atoms with Gasteiger partial charge in [-0.15, -0.1) is 0 Å². The van der Waals surface area contributed by atoms with Crippen LogP contribution in [0.5, 0.6) is 0 Å². The molecule has 0 unspecified atom stereocenters. The number of carbonyl (C=O) groups is 1. The number of halogens is 1. The number of rotatable bonds is 4. The molecule has 0 aliphatic carbocycles. The van der Waals surface area contributed by atoms with Crippen LogP contribution < -0.4 is 4.90 Å². The lowest BCUT2D eigenvalue weighted by molar-refractivity contribution is 0.0773. The molecule has 0 saturated carbocycles. The van der Waals surface area contributed by atoms with E-state index in [1.165, 1.54) is 17.7 Å².